The number of hydrogen-bond acceptors (Lipinski definition) is 4. The van der Waals surface area contributed by atoms with Crippen molar-refractivity contribution in [3.05, 3.63) is 22.7 Å². The zero-order valence-electron chi connectivity index (χ0n) is 10.1. The molecule has 5 nitrogen and oxygen atoms in total. The number of sulfonamides is 1. The summed E-state index contributed by atoms with van der Waals surface area (Å²) in [7, 11) is -4.37. The molecule has 0 atom stereocenters. The fourth-order valence-electron chi connectivity index (χ4n) is 1.95. The van der Waals surface area contributed by atoms with Gasteiger partial charge in [0.1, 0.15) is 0 Å². The van der Waals surface area contributed by atoms with Crippen molar-refractivity contribution in [1.82, 2.24) is 0 Å². The van der Waals surface area contributed by atoms with Gasteiger partial charge in [-0.15, -0.1) is 0 Å². The minimum Gasteiger partial charge on any atom is -0.381 e. The molecule has 0 bridgehead atoms. The highest BCUT2D eigenvalue weighted by molar-refractivity contribution is 9.10. The normalized spacial score (nSPS) is 24.1. The van der Waals surface area contributed by atoms with Gasteiger partial charge >= 0.3 is 0 Å². The van der Waals surface area contributed by atoms with Crippen molar-refractivity contribution in [3.8, 4) is 0 Å². The maximum Gasteiger partial charge on any atom is 0.238 e. The summed E-state index contributed by atoms with van der Waals surface area (Å²) in [5.41, 5.74) is 0.824. The Bertz CT molecular complexity index is 594. The van der Waals surface area contributed by atoms with E-state index in [2.05, 4.69) is 21.2 Å². The van der Waals surface area contributed by atoms with Crippen molar-refractivity contribution >= 4 is 42.4 Å². The van der Waals surface area contributed by atoms with E-state index in [4.69, 9.17) is 5.14 Å². The molecule has 3 N–H and O–H groups in total. The van der Waals surface area contributed by atoms with Crippen LogP contribution < -0.4 is 10.5 Å². The summed E-state index contributed by atoms with van der Waals surface area (Å²) in [4.78, 5) is 0.0784. The molecule has 8 heteroatoms. The van der Waals surface area contributed by atoms with Gasteiger partial charge in [-0.05, 0) is 47.0 Å². The SMILES string of the molecule is NS(=O)(=O)c1ccc(NC2CCS(=O)CC2)c(Br)c1. The largest absolute Gasteiger partial charge is 0.381 e. The number of rotatable bonds is 3. The number of hydrogen-bond donors (Lipinski definition) is 2. The van der Waals surface area contributed by atoms with Crippen LogP contribution in [0.2, 0.25) is 0 Å². The fourth-order valence-corrected chi connectivity index (χ4v) is 4.43. The molecule has 1 heterocycles. The highest BCUT2D eigenvalue weighted by atomic mass is 79.9. The molecule has 0 amide bonds. The molecule has 0 radical (unpaired) electrons. The maximum absolute atomic E-state index is 11.3. The van der Waals surface area contributed by atoms with Crippen LogP contribution in [0.15, 0.2) is 27.6 Å². The molecule has 19 heavy (non-hydrogen) atoms. The quantitative estimate of drug-likeness (QED) is 0.846. The van der Waals surface area contributed by atoms with E-state index in [-0.39, 0.29) is 10.9 Å². The minimum absolute atomic E-state index is 0.0784. The molecule has 0 aromatic heterocycles. The second-order valence-electron chi connectivity index (χ2n) is 4.45. The molecule has 2 rings (SSSR count). The molecule has 0 unspecified atom stereocenters. The average Bonchev–Trinajstić information content (AvgIpc) is 2.33. The second-order valence-corrected chi connectivity index (χ2v) is 8.57. The summed E-state index contributed by atoms with van der Waals surface area (Å²) in [6.07, 6.45) is 1.71. The first kappa shape index (κ1) is 15.0. The molecule has 1 saturated heterocycles. The van der Waals surface area contributed by atoms with Crippen LogP contribution in [-0.4, -0.2) is 30.2 Å². The van der Waals surface area contributed by atoms with Crippen molar-refractivity contribution in [2.75, 3.05) is 16.8 Å². The van der Waals surface area contributed by atoms with Crippen molar-refractivity contribution in [2.45, 2.75) is 23.8 Å². The van der Waals surface area contributed by atoms with E-state index in [9.17, 15) is 12.6 Å². The van der Waals surface area contributed by atoms with Gasteiger partial charge in [0.25, 0.3) is 0 Å². The lowest BCUT2D eigenvalue weighted by atomic mass is 10.1. The van der Waals surface area contributed by atoms with Crippen LogP contribution in [0.25, 0.3) is 0 Å². The molecule has 0 spiro atoms. The number of anilines is 1. The Hall–Kier alpha value is -0.440. The third kappa shape index (κ3) is 4.01. The zero-order valence-corrected chi connectivity index (χ0v) is 13.4. The van der Waals surface area contributed by atoms with Gasteiger partial charge in [-0.2, -0.15) is 0 Å². The van der Waals surface area contributed by atoms with Gasteiger partial charge in [-0.25, -0.2) is 13.6 Å². The zero-order chi connectivity index (χ0) is 14.0. The van der Waals surface area contributed by atoms with Gasteiger partial charge in [-0.3, -0.25) is 4.21 Å². The molecule has 106 valence electrons. The van der Waals surface area contributed by atoms with Crippen molar-refractivity contribution in [2.24, 2.45) is 5.14 Å². The van der Waals surface area contributed by atoms with Crippen LogP contribution in [0.1, 0.15) is 12.8 Å². The Balaban J connectivity index is 2.11. The van der Waals surface area contributed by atoms with Crippen LogP contribution in [-0.2, 0) is 20.8 Å². The second kappa shape index (κ2) is 5.90. The predicted molar refractivity (Wildman–Crippen MR) is 80.0 cm³/mol. The van der Waals surface area contributed by atoms with Gasteiger partial charge in [0, 0.05) is 38.5 Å². The molecule has 0 saturated carbocycles. The molecule has 1 aromatic rings. The van der Waals surface area contributed by atoms with E-state index in [0.29, 0.717) is 16.0 Å². The number of benzene rings is 1. The number of halogens is 1. The Morgan fingerprint density at radius 2 is 1.95 bits per heavy atom. The lowest BCUT2D eigenvalue weighted by Gasteiger charge is -2.24. The van der Waals surface area contributed by atoms with Gasteiger partial charge in [0.2, 0.25) is 10.0 Å². The van der Waals surface area contributed by atoms with E-state index in [0.717, 1.165) is 18.5 Å². The van der Waals surface area contributed by atoms with Gasteiger partial charge in [-0.1, -0.05) is 0 Å². The van der Waals surface area contributed by atoms with Crippen molar-refractivity contribution < 1.29 is 12.6 Å². The average molecular weight is 367 g/mol. The first-order valence-corrected chi connectivity index (χ1v) is 9.63. The monoisotopic (exact) mass is 366 g/mol. The highest BCUT2D eigenvalue weighted by Gasteiger charge is 2.19. The van der Waals surface area contributed by atoms with Gasteiger partial charge in [0.15, 0.2) is 0 Å². The molecule has 1 aromatic carbocycles. The van der Waals surface area contributed by atoms with E-state index < -0.39 is 20.8 Å². The Kier molecular flexibility index (Phi) is 4.65. The molecular formula is C11H15BrN2O3S2. The molecule has 0 aliphatic carbocycles. The smallest absolute Gasteiger partial charge is 0.238 e. The van der Waals surface area contributed by atoms with Crippen LogP contribution in [0.4, 0.5) is 5.69 Å². The van der Waals surface area contributed by atoms with E-state index in [1.54, 1.807) is 6.07 Å². The summed E-state index contributed by atoms with van der Waals surface area (Å²) in [5.74, 6) is 1.43. The van der Waals surface area contributed by atoms with E-state index in [1.165, 1.54) is 12.1 Å². The summed E-state index contributed by atoms with van der Waals surface area (Å²) in [5, 5.41) is 8.40. The third-order valence-electron chi connectivity index (χ3n) is 3.02. The Morgan fingerprint density at radius 3 is 2.47 bits per heavy atom. The number of nitrogens with two attached hydrogens (primary N) is 1. The highest BCUT2D eigenvalue weighted by Crippen LogP contribution is 2.27. The number of primary sulfonamides is 1. The number of nitrogens with one attached hydrogen (secondary N) is 1. The maximum atomic E-state index is 11.3. The summed E-state index contributed by atoms with van der Waals surface area (Å²) >= 11 is 3.34. The van der Waals surface area contributed by atoms with Crippen molar-refractivity contribution in [1.29, 1.82) is 0 Å². The molecule has 1 fully saturated rings. The van der Waals surface area contributed by atoms with Crippen LogP contribution in [0.5, 0.6) is 0 Å². The van der Waals surface area contributed by atoms with Crippen LogP contribution in [0.3, 0.4) is 0 Å². The molecular weight excluding hydrogens is 352 g/mol. The fraction of sp³-hybridized carbons (Fsp3) is 0.455. The Labute approximate surface area is 123 Å². The summed E-state index contributed by atoms with van der Waals surface area (Å²) in [6, 6.07) is 4.92. The topological polar surface area (TPSA) is 89.3 Å². The Morgan fingerprint density at radius 1 is 1.32 bits per heavy atom. The van der Waals surface area contributed by atoms with Crippen LogP contribution in [0, 0.1) is 0 Å². The van der Waals surface area contributed by atoms with Gasteiger partial charge in [0.05, 0.1) is 4.90 Å². The standard InChI is InChI=1S/C11H15BrN2O3S2/c12-10-7-9(19(13,16)17)1-2-11(10)14-8-3-5-18(15)6-4-8/h1-2,7-8,14H,3-6H2,(H2,13,16,17). The molecule has 1 aliphatic rings. The lowest BCUT2D eigenvalue weighted by molar-refractivity contribution is 0.597. The first-order valence-electron chi connectivity index (χ1n) is 5.80. The van der Waals surface area contributed by atoms with Crippen LogP contribution >= 0.6 is 15.9 Å². The van der Waals surface area contributed by atoms with Crippen molar-refractivity contribution in [3.63, 3.8) is 0 Å². The summed E-state index contributed by atoms with van der Waals surface area (Å²) in [6.45, 7) is 0. The predicted octanol–water partition coefficient (Wildman–Crippen LogP) is 1.42. The van der Waals surface area contributed by atoms with E-state index >= 15 is 0 Å². The van der Waals surface area contributed by atoms with Gasteiger partial charge < -0.3 is 5.32 Å². The van der Waals surface area contributed by atoms with E-state index in [1.807, 2.05) is 0 Å². The first-order chi connectivity index (χ1) is 8.86. The lowest BCUT2D eigenvalue weighted by Crippen LogP contribution is -2.29. The minimum atomic E-state index is -3.68. The third-order valence-corrected chi connectivity index (χ3v) is 5.97. The summed E-state index contributed by atoms with van der Waals surface area (Å²) < 4.78 is 34.4. The molecule has 1 aliphatic heterocycles.